The monoisotopic (exact) mass is 419 g/mol. The molecule has 1 fully saturated rings. The van der Waals surface area contributed by atoms with Crippen LogP contribution in [0.2, 0.25) is 0 Å². The van der Waals surface area contributed by atoms with Crippen LogP contribution in [0.15, 0.2) is 54.6 Å². The van der Waals surface area contributed by atoms with Crippen molar-refractivity contribution in [2.45, 2.75) is 44.8 Å². The molecule has 1 saturated carbocycles. The van der Waals surface area contributed by atoms with E-state index in [1.54, 1.807) is 19.1 Å². The van der Waals surface area contributed by atoms with Crippen LogP contribution in [0.3, 0.4) is 0 Å². The van der Waals surface area contributed by atoms with Crippen molar-refractivity contribution in [3.05, 3.63) is 65.9 Å². The molecular formula is C24H25N3O4. The highest BCUT2D eigenvalue weighted by atomic mass is 16.6. The van der Waals surface area contributed by atoms with Gasteiger partial charge in [-0.1, -0.05) is 36.4 Å². The number of aromatic amines is 1. The Kier molecular flexibility index (Phi) is 6.02. The molecule has 0 radical (unpaired) electrons. The molecular weight excluding hydrogens is 394 g/mol. The van der Waals surface area contributed by atoms with Gasteiger partial charge in [-0.3, -0.25) is 14.9 Å². The molecule has 1 aliphatic rings. The van der Waals surface area contributed by atoms with Gasteiger partial charge in [0.1, 0.15) is 6.10 Å². The van der Waals surface area contributed by atoms with Crippen molar-refractivity contribution >= 4 is 34.4 Å². The van der Waals surface area contributed by atoms with Crippen molar-refractivity contribution in [3.63, 3.8) is 0 Å². The Morgan fingerprint density at radius 1 is 1.00 bits per heavy atom. The predicted octanol–water partition coefficient (Wildman–Crippen LogP) is 4.34. The molecule has 2 aromatic carbocycles. The number of nitrogens with one attached hydrogen (secondary N) is 3. The average Bonchev–Trinajstić information content (AvgIpc) is 3.09. The lowest BCUT2D eigenvalue weighted by atomic mass is 9.92. The predicted molar refractivity (Wildman–Crippen MR) is 118 cm³/mol. The fraction of sp³-hybridized carbons (Fsp3) is 0.292. The number of hydrogen-bond acceptors (Lipinski definition) is 4. The van der Waals surface area contributed by atoms with Gasteiger partial charge < -0.3 is 15.0 Å². The molecule has 0 bridgehead atoms. The summed E-state index contributed by atoms with van der Waals surface area (Å²) in [6.07, 6.45) is 1.92. The third kappa shape index (κ3) is 4.77. The van der Waals surface area contributed by atoms with E-state index in [1.807, 2.05) is 42.5 Å². The number of rotatable bonds is 5. The zero-order valence-corrected chi connectivity index (χ0v) is 17.3. The minimum Gasteiger partial charge on any atom is -0.446 e. The summed E-state index contributed by atoms with van der Waals surface area (Å²) in [4.78, 5) is 40.8. The SMILES string of the molecule is Cc1[nH]c2ccccc2c1C(=O)C(=O)N[C@H]1CCC[C@@H](OC(=O)Nc2ccccc2)C1. The summed E-state index contributed by atoms with van der Waals surface area (Å²) in [5.41, 5.74) is 2.56. The first-order valence-corrected chi connectivity index (χ1v) is 10.5. The van der Waals surface area contributed by atoms with E-state index in [0.717, 1.165) is 30.2 Å². The van der Waals surface area contributed by atoms with Crippen molar-refractivity contribution in [2.24, 2.45) is 0 Å². The maximum atomic E-state index is 12.8. The smallest absolute Gasteiger partial charge is 0.411 e. The van der Waals surface area contributed by atoms with E-state index in [9.17, 15) is 14.4 Å². The number of para-hydroxylation sites is 2. The lowest BCUT2D eigenvalue weighted by Crippen LogP contribution is -2.44. The Labute approximate surface area is 180 Å². The van der Waals surface area contributed by atoms with Crippen LogP contribution in [-0.4, -0.2) is 34.9 Å². The summed E-state index contributed by atoms with van der Waals surface area (Å²) in [6, 6.07) is 16.3. The van der Waals surface area contributed by atoms with Crippen LogP contribution in [-0.2, 0) is 9.53 Å². The Morgan fingerprint density at radius 3 is 2.55 bits per heavy atom. The second kappa shape index (κ2) is 9.04. The number of benzene rings is 2. The number of ether oxygens (including phenoxy) is 1. The van der Waals surface area contributed by atoms with Gasteiger partial charge in [0.2, 0.25) is 0 Å². The number of fused-ring (bicyclic) bond motifs is 1. The number of aryl methyl sites for hydroxylation is 1. The largest absolute Gasteiger partial charge is 0.446 e. The molecule has 0 spiro atoms. The number of carbonyl (C=O) groups is 3. The second-order valence-electron chi connectivity index (χ2n) is 7.86. The summed E-state index contributed by atoms with van der Waals surface area (Å²) in [7, 11) is 0. The molecule has 1 aliphatic carbocycles. The van der Waals surface area contributed by atoms with E-state index >= 15 is 0 Å². The third-order valence-electron chi connectivity index (χ3n) is 5.58. The molecule has 1 aromatic heterocycles. The molecule has 0 saturated heterocycles. The highest BCUT2D eigenvalue weighted by Crippen LogP contribution is 2.24. The fourth-order valence-corrected chi connectivity index (χ4v) is 4.14. The number of H-pyrrole nitrogens is 1. The van der Waals surface area contributed by atoms with Crippen molar-refractivity contribution in [3.8, 4) is 0 Å². The molecule has 0 aliphatic heterocycles. The van der Waals surface area contributed by atoms with Crippen LogP contribution in [0.25, 0.3) is 10.9 Å². The lowest BCUT2D eigenvalue weighted by Gasteiger charge is -2.29. The van der Waals surface area contributed by atoms with Crippen LogP contribution >= 0.6 is 0 Å². The van der Waals surface area contributed by atoms with E-state index < -0.39 is 17.8 Å². The first kappa shape index (κ1) is 20.7. The Morgan fingerprint density at radius 2 is 1.74 bits per heavy atom. The topological polar surface area (TPSA) is 100 Å². The van der Waals surface area contributed by atoms with E-state index in [-0.39, 0.29) is 12.1 Å². The van der Waals surface area contributed by atoms with Crippen molar-refractivity contribution < 1.29 is 19.1 Å². The normalized spacial score (nSPS) is 18.4. The van der Waals surface area contributed by atoms with Gasteiger partial charge >= 0.3 is 6.09 Å². The van der Waals surface area contributed by atoms with Crippen LogP contribution in [0.4, 0.5) is 10.5 Å². The van der Waals surface area contributed by atoms with E-state index in [2.05, 4.69) is 15.6 Å². The van der Waals surface area contributed by atoms with Gasteiger partial charge in [0, 0.05) is 34.7 Å². The molecule has 3 aromatic rings. The molecule has 7 heteroatoms. The van der Waals surface area contributed by atoms with Crippen LogP contribution in [0.1, 0.15) is 41.7 Å². The first-order chi connectivity index (χ1) is 15.0. The Hall–Kier alpha value is -3.61. The Bertz CT molecular complexity index is 1110. The molecule has 7 nitrogen and oxygen atoms in total. The number of ketones is 1. The lowest BCUT2D eigenvalue weighted by molar-refractivity contribution is -0.118. The molecule has 3 N–H and O–H groups in total. The van der Waals surface area contributed by atoms with Gasteiger partial charge in [-0.25, -0.2) is 4.79 Å². The summed E-state index contributed by atoms with van der Waals surface area (Å²) in [5, 5.41) is 6.27. The zero-order valence-electron chi connectivity index (χ0n) is 17.3. The highest BCUT2D eigenvalue weighted by Gasteiger charge is 2.29. The first-order valence-electron chi connectivity index (χ1n) is 10.5. The Balaban J connectivity index is 1.35. The van der Waals surface area contributed by atoms with Gasteiger partial charge in [-0.2, -0.15) is 0 Å². The number of amides is 2. The van der Waals surface area contributed by atoms with Crippen LogP contribution in [0, 0.1) is 6.92 Å². The fourth-order valence-electron chi connectivity index (χ4n) is 4.14. The number of Topliss-reactive ketones (excluding diaryl/α,β-unsaturated/α-hetero) is 1. The second-order valence-corrected chi connectivity index (χ2v) is 7.86. The van der Waals surface area contributed by atoms with Gasteiger partial charge in [0.15, 0.2) is 0 Å². The summed E-state index contributed by atoms with van der Waals surface area (Å²) >= 11 is 0. The molecule has 2 amide bonds. The number of hydrogen-bond donors (Lipinski definition) is 3. The van der Waals surface area contributed by atoms with E-state index in [1.165, 1.54) is 0 Å². The number of aromatic nitrogens is 1. The molecule has 4 rings (SSSR count). The minimum absolute atomic E-state index is 0.217. The number of carbonyl (C=O) groups excluding carboxylic acids is 3. The maximum absolute atomic E-state index is 12.8. The van der Waals surface area contributed by atoms with E-state index in [0.29, 0.717) is 23.4 Å². The zero-order chi connectivity index (χ0) is 21.8. The van der Waals surface area contributed by atoms with Gasteiger partial charge in [-0.05, 0) is 44.4 Å². The quantitative estimate of drug-likeness (QED) is 0.423. The molecule has 2 atom stereocenters. The van der Waals surface area contributed by atoms with Gasteiger partial charge in [0.05, 0.1) is 5.56 Å². The summed E-state index contributed by atoms with van der Waals surface area (Å²) < 4.78 is 5.53. The van der Waals surface area contributed by atoms with Crippen molar-refractivity contribution in [1.82, 2.24) is 10.3 Å². The van der Waals surface area contributed by atoms with Crippen molar-refractivity contribution in [1.29, 1.82) is 0 Å². The highest BCUT2D eigenvalue weighted by molar-refractivity contribution is 6.45. The van der Waals surface area contributed by atoms with Crippen LogP contribution < -0.4 is 10.6 Å². The summed E-state index contributed by atoms with van der Waals surface area (Å²) in [5.74, 6) is -1.19. The third-order valence-corrected chi connectivity index (χ3v) is 5.58. The van der Waals surface area contributed by atoms with E-state index in [4.69, 9.17) is 4.74 Å². The molecule has 31 heavy (non-hydrogen) atoms. The average molecular weight is 419 g/mol. The molecule has 160 valence electrons. The maximum Gasteiger partial charge on any atom is 0.411 e. The standard InChI is InChI=1S/C24H25N3O4/c1-15-21(19-12-5-6-13-20(19)25-15)22(28)23(29)26-17-10-7-11-18(14-17)31-24(30)27-16-8-3-2-4-9-16/h2-6,8-9,12-13,17-18,25H,7,10-11,14H2,1H3,(H,26,29)(H,27,30)/t17-,18+/m0/s1. The molecule has 1 heterocycles. The molecule has 0 unspecified atom stereocenters. The van der Waals surface area contributed by atoms with Gasteiger partial charge in [-0.15, -0.1) is 0 Å². The minimum atomic E-state index is -0.632. The van der Waals surface area contributed by atoms with Crippen molar-refractivity contribution in [2.75, 3.05) is 5.32 Å². The van der Waals surface area contributed by atoms with Gasteiger partial charge in [0.25, 0.3) is 11.7 Å². The summed E-state index contributed by atoms with van der Waals surface area (Å²) in [6.45, 7) is 1.79. The number of anilines is 1. The van der Waals surface area contributed by atoms with Crippen LogP contribution in [0.5, 0.6) is 0 Å².